The van der Waals surface area contributed by atoms with Gasteiger partial charge in [0.15, 0.2) is 11.7 Å². The SMILES string of the molecule is C.CCCCCCOC(=O)CCN1CCN(C)CC1.Cc1cc(C[C@@H](OC(=O)N2CCC(N3CCc4ccccc4NC3=O)CC2)C(=O)N2CCC(C)CC2)cc2oc(=O)n(C)c12. The van der Waals surface area contributed by atoms with Crippen LogP contribution in [0.4, 0.5) is 15.3 Å². The molecule has 0 radical (unpaired) electrons. The molecule has 3 fully saturated rings. The highest BCUT2D eigenvalue weighted by Crippen LogP contribution is 2.27. The summed E-state index contributed by atoms with van der Waals surface area (Å²) in [5, 5.41) is 3.03. The summed E-state index contributed by atoms with van der Waals surface area (Å²) in [6, 6.07) is 11.4. The van der Waals surface area contributed by atoms with Crippen molar-refractivity contribution in [3.63, 3.8) is 0 Å². The van der Waals surface area contributed by atoms with Gasteiger partial charge in [-0.2, -0.15) is 0 Å². The van der Waals surface area contributed by atoms with Crippen LogP contribution in [-0.2, 0) is 39.0 Å². The molecule has 15 heteroatoms. The van der Waals surface area contributed by atoms with Crippen molar-refractivity contribution in [1.29, 1.82) is 0 Å². The normalized spacial score (nSPS) is 18.4. The third-order valence-corrected chi connectivity index (χ3v) is 13.0. The van der Waals surface area contributed by atoms with Gasteiger partial charge in [-0.3, -0.25) is 14.2 Å². The van der Waals surface area contributed by atoms with Crippen molar-refractivity contribution in [3.8, 4) is 0 Å². The van der Waals surface area contributed by atoms with E-state index < -0.39 is 18.0 Å². The summed E-state index contributed by atoms with van der Waals surface area (Å²) in [5.41, 5.74) is 4.72. The van der Waals surface area contributed by atoms with Gasteiger partial charge in [0.25, 0.3) is 5.91 Å². The smallest absolute Gasteiger partial charge is 0.419 e. The number of aromatic nitrogens is 1. The third kappa shape index (κ3) is 13.6. The maximum Gasteiger partial charge on any atom is 0.419 e. The summed E-state index contributed by atoms with van der Waals surface area (Å²) >= 11 is 0. The Morgan fingerprint density at radius 2 is 1.57 bits per heavy atom. The number of hydrogen-bond donors (Lipinski definition) is 1. The molecule has 2 aromatic carbocycles. The van der Waals surface area contributed by atoms with Gasteiger partial charge in [0, 0.05) is 90.6 Å². The quantitative estimate of drug-likeness (QED) is 0.146. The van der Waals surface area contributed by atoms with Crippen LogP contribution in [0.1, 0.15) is 95.8 Å². The predicted molar refractivity (Wildman–Crippen MR) is 246 cm³/mol. The lowest BCUT2D eigenvalue weighted by Crippen LogP contribution is -2.51. The molecule has 1 atom stereocenters. The molecule has 0 unspecified atom stereocenters. The number of fused-ring (bicyclic) bond motifs is 2. The lowest BCUT2D eigenvalue weighted by atomic mass is 9.98. The standard InChI is InChI=1S/C33H41N5O6.C14H28N2O2.CH4/c1-21-8-13-36(14-9-21)30(39)28(20-23-18-22(2)29-27(19-23)43-32(41)35(29)3)44-33(42)37-15-11-25(12-16-37)38-17-10-24-6-4-5-7-26(24)34-31(38)40;1-3-4-5-6-13-18-14(17)7-8-16-11-9-15(2)10-12-16;/h4-7,18-19,21,25,28H,8-17,20H2,1-3H3,(H,34,40);3-13H2,1-2H3;1H4/t28-;;/m1../s1. The Bertz CT molecular complexity index is 2030. The van der Waals surface area contributed by atoms with Crippen LogP contribution >= 0.6 is 0 Å². The molecule has 0 spiro atoms. The number of ether oxygens (including phenoxy) is 2. The molecule has 7 rings (SSSR count). The van der Waals surface area contributed by atoms with E-state index in [-0.39, 0.29) is 37.8 Å². The first-order valence-electron chi connectivity index (χ1n) is 23.0. The van der Waals surface area contributed by atoms with Crippen molar-refractivity contribution in [2.45, 2.75) is 111 Å². The number of benzene rings is 2. The average Bonchev–Trinajstić information content (AvgIpc) is 3.44. The largest absolute Gasteiger partial charge is 0.466 e. The second-order valence-corrected chi connectivity index (χ2v) is 17.7. The highest BCUT2D eigenvalue weighted by molar-refractivity contribution is 5.91. The van der Waals surface area contributed by atoms with Crippen LogP contribution in [0.2, 0.25) is 0 Å². The van der Waals surface area contributed by atoms with E-state index in [0.717, 1.165) is 80.8 Å². The zero-order valence-corrected chi connectivity index (χ0v) is 37.7. The summed E-state index contributed by atoms with van der Waals surface area (Å²) in [6.07, 6.45) is 7.67. The monoisotopic (exact) mass is 876 g/mol. The molecule has 3 saturated heterocycles. The highest BCUT2D eigenvalue weighted by Gasteiger charge is 2.35. The van der Waals surface area contributed by atoms with Gasteiger partial charge in [0.05, 0.1) is 18.5 Å². The lowest BCUT2D eigenvalue weighted by Gasteiger charge is -2.38. The summed E-state index contributed by atoms with van der Waals surface area (Å²) in [4.78, 5) is 73.9. The van der Waals surface area contributed by atoms with Crippen molar-refractivity contribution in [2.75, 3.05) is 84.4 Å². The second-order valence-electron chi connectivity index (χ2n) is 17.7. The van der Waals surface area contributed by atoms with E-state index in [9.17, 15) is 24.0 Å². The number of unbranched alkanes of at least 4 members (excludes halogenated alkanes) is 3. The number of carbonyl (C=O) groups excluding carboxylic acids is 4. The Kier molecular flexibility index (Phi) is 18.5. The van der Waals surface area contributed by atoms with Crippen molar-refractivity contribution < 1.29 is 33.1 Å². The minimum Gasteiger partial charge on any atom is -0.466 e. The number of hydrogen-bond acceptors (Lipinski definition) is 10. The number of oxazole rings is 1. The third-order valence-electron chi connectivity index (χ3n) is 13.0. The first-order chi connectivity index (χ1) is 29.9. The van der Waals surface area contributed by atoms with Gasteiger partial charge in [-0.05, 0) is 87.2 Å². The molecule has 63 heavy (non-hydrogen) atoms. The van der Waals surface area contributed by atoms with Gasteiger partial charge < -0.3 is 43.7 Å². The molecule has 5 heterocycles. The number of carbonyl (C=O) groups is 4. The topological polar surface area (TPSA) is 150 Å². The first kappa shape index (κ1) is 49.1. The number of piperidine rings is 2. The van der Waals surface area contributed by atoms with Gasteiger partial charge in [-0.1, -0.05) is 64.8 Å². The maximum absolute atomic E-state index is 13.8. The zero-order chi connectivity index (χ0) is 44.2. The molecular weight excluding hydrogens is 803 g/mol. The van der Waals surface area contributed by atoms with E-state index >= 15 is 0 Å². The molecular formula is C48H73N7O8. The van der Waals surface area contributed by atoms with E-state index in [0.29, 0.717) is 75.6 Å². The van der Waals surface area contributed by atoms with E-state index in [4.69, 9.17) is 13.9 Å². The van der Waals surface area contributed by atoms with E-state index in [1.54, 1.807) is 22.9 Å². The number of para-hydroxylation sites is 1. The van der Waals surface area contributed by atoms with Crippen LogP contribution < -0.4 is 11.1 Å². The Morgan fingerprint density at radius 3 is 2.29 bits per heavy atom. The molecule has 4 aliphatic rings. The molecule has 15 nitrogen and oxygen atoms in total. The average molecular weight is 876 g/mol. The van der Waals surface area contributed by atoms with Crippen LogP contribution in [0.3, 0.4) is 0 Å². The summed E-state index contributed by atoms with van der Waals surface area (Å²) in [5.74, 6) is -0.140. The summed E-state index contributed by atoms with van der Waals surface area (Å²) in [6.45, 7) is 14.8. The predicted octanol–water partition coefficient (Wildman–Crippen LogP) is 6.68. The number of urea groups is 1. The van der Waals surface area contributed by atoms with E-state index in [2.05, 4.69) is 36.0 Å². The molecule has 0 aliphatic carbocycles. The van der Waals surface area contributed by atoms with Gasteiger partial charge in [0.1, 0.15) is 0 Å². The molecule has 4 amide bonds. The summed E-state index contributed by atoms with van der Waals surface area (Å²) in [7, 11) is 3.80. The van der Waals surface area contributed by atoms with Gasteiger partial charge in [-0.25, -0.2) is 14.4 Å². The number of nitrogens with one attached hydrogen (secondary N) is 1. The van der Waals surface area contributed by atoms with Crippen molar-refractivity contribution in [2.24, 2.45) is 13.0 Å². The van der Waals surface area contributed by atoms with Crippen LogP contribution in [0, 0.1) is 12.8 Å². The minimum absolute atomic E-state index is 0. The Balaban J connectivity index is 0.000000333. The minimum atomic E-state index is -1.00. The van der Waals surface area contributed by atoms with Crippen LogP contribution in [0.5, 0.6) is 0 Å². The van der Waals surface area contributed by atoms with Gasteiger partial charge in [0.2, 0.25) is 0 Å². The lowest BCUT2D eigenvalue weighted by molar-refractivity contribution is -0.144. The number of rotatable bonds is 13. The van der Waals surface area contributed by atoms with Crippen LogP contribution in [0.15, 0.2) is 45.6 Å². The van der Waals surface area contributed by atoms with Crippen LogP contribution in [-0.4, -0.2) is 144 Å². The summed E-state index contributed by atoms with van der Waals surface area (Å²) < 4.78 is 18.1. The number of esters is 1. The fourth-order valence-corrected chi connectivity index (χ4v) is 8.93. The fraction of sp³-hybridized carbons (Fsp3) is 0.646. The molecule has 4 aliphatic heterocycles. The van der Waals surface area contributed by atoms with Crippen molar-refractivity contribution in [3.05, 3.63) is 63.6 Å². The van der Waals surface area contributed by atoms with E-state index in [1.165, 1.54) is 23.8 Å². The zero-order valence-electron chi connectivity index (χ0n) is 37.7. The number of nitrogens with zero attached hydrogens (tertiary/aromatic N) is 6. The number of anilines is 1. The number of likely N-dealkylation sites (N-methyl/N-ethyl adjacent to an activating group) is 1. The molecule has 1 aromatic heterocycles. The Labute approximate surface area is 374 Å². The van der Waals surface area contributed by atoms with Gasteiger partial charge >= 0.3 is 23.8 Å². The molecule has 3 aromatic rings. The maximum atomic E-state index is 13.8. The molecule has 348 valence electrons. The second kappa shape index (κ2) is 23.7. The van der Waals surface area contributed by atoms with Crippen LogP contribution in [0.25, 0.3) is 11.1 Å². The number of amides is 4. The fourth-order valence-electron chi connectivity index (χ4n) is 8.93. The molecule has 0 saturated carbocycles. The molecule has 0 bridgehead atoms. The molecule has 1 N–H and O–H groups in total. The van der Waals surface area contributed by atoms with Gasteiger partial charge in [-0.15, -0.1) is 0 Å². The van der Waals surface area contributed by atoms with Crippen molar-refractivity contribution in [1.82, 2.24) is 29.1 Å². The number of likely N-dealkylation sites (tertiary alicyclic amines) is 2. The van der Waals surface area contributed by atoms with Crippen molar-refractivity contribution >= 4 is 40.8 Å². The Morgan fingerprint density at radius 1 is 0.873 bits per heavy atom. The number of aryl methyl sites for hydroxylation is 2. The Hall–Kier alpha value is -4.89. The first-order valence-corrected chi connectivity index (χ1v) is 23.0. The number of piperazine rings is 1. The highest BCUT2D eigenvalue weighted by atomic mass is 16.6. The van der Waals surface area contributed by atoms with E-state index in [1.807, 2.05) is 42.2 Å².